The van der Waals surface area contributed by atoms with Crippen molar-refractivity contribution in [2.75, 3.05) is 6.61 Å². The van der Waals surface area contributed by atoms with Gasteiger partial charge >= 0.3 is 0 Å². The summed E-state index contributed by atoms with van der Waals surface area (Å²) in [6.45, 7) is 4.94. The van der Waals surface area contributed by atoms with Gasteiger partial charge in [-0.3, -0.25) is 0 Å². The molecule has 0 amide bonds. The van der Waals surface area contributed by atoms with Gasteiger partial charge < -0.3 is 4.74 Å². The second-order valence-electron chi connectivity index (χ2n) is 12.0. The van der Waals surface area contributed by atoms with Crippen molar-refractivity contribution < 1.29 is 17.9 Å². The minimum Gasteiger partial charge on any atom is -0.490 e. The molecule has 0 heterocycles. The molecule has 2 fully saturated rings. The average Bonchev–Trinajstić information content (AvgIpc) is 2.90. The molecule has 0 spiro atoms. The van der Waals surface area contributed by atoms with Gasteiger partial charge in [-0.2, -0.15) is 0 Å². The second-order valence-corrected chi connectivity index (χ2v) is 12.0. The van der Waals surface area contributed by atoms with Gasteiger partial charge in [0.05, 0.1) is 6.61 Å². The normalized spacial score (nSPS) is 24.8. The molecule has 202 valence electrons. The first-order chi connectivity index (χ1) is 18.0. The minimum atomic E-state index is -0.893. The number of unbranched alkanes of at least 4 members (excludes halogenated alkanes) is 2. The van der Waals surface area contributed by atoms with Gasteiger partial charge in [-0.05, 0) is 97.1 Å². The van der Waals surface area contributed by atoms with Gasteiger partial charge in [-0.1, -0.05) is 65.2 Å². The number of hydrogen-bond donors (Lipinski definition) is 0. The molecule has 1 nitrogen and oxygen atoms in total. The van der Waals surface area contributed by atoms with E-state index in [-0.39, 0.29) is 22.8 Å². The Bertz CT molecular complexity index is 1080. The lowest BCUT2D eigenvalue weighted by Crippen LogP contribution is -2.20. The van der Waals surface area contributed by atoms with Crippen LogP contribution < -0.4 is 4.74 Å². The van der Waals surface area contributed by atoms with Crippen LogP contribution in [0.1, 0.15) is 115 Å². The Balaban J connectivity index is 1.25. The zero-order valence-corrected chi connectivity index (χ0v) is 22.7. The van der Waals surface area contributed by atoms with Crippen LogP contribution in [-0.2, 0) is 0 Å². The van der Waals surface area contributed by atoms with E-state index in [1.54, 1.807) is 12.1 Å². The maximum absolute atomic E-state index is 15.4. The lowest BCUT2D eigenvalue weighted by Gasteiger charge is -2.32. The Labute approximate surface area is 221 Å². The van der Waals surface area contributed by atoms with Crippen LogP contribution in [0.5, 0.6) is 5.75 Å². The van der Waals surface area contributed by atoms with E-state index in [4.69, 9.17) is 4.74 Å². The minimum absolute atomic E-state index is 0.0474. The molecule has 0 saturated heterocycles. The van der Waals surface area contributed by atoms with E-state index >= 15 is 13.2 Å². The van der Waals surface area contributed by atoms with Crippen LogP contribution in [0, 0.1) is 35.2 Å². The zero-order chi connectivity index (χ0) is 25.9. The highest BCUT2D eigenvalue weighted by atomic mass is 19.2. The molecule has 0 N–H and O–H groups in total. The van der Waals surface area contributed by atoms with Crippen molar-refractivity contribution in [1.29, 1.82) is 0 Å². The first-order valence-electron chi connectivity index (χ1n) is 15.0. The Kier molecular flexibility index (Phi) is 8.51. The van der Waals surface area contributed by atoms with E-state index in [9.17, 15) is 0 Å². The molecule has 3 aliphatic rings. The molecule has 3 aliphatic carbocycles. The predicted octanol–water partition coefficient (Wildman–Crippen LogP) is 10.6. The molecular formula is C33H43F3O. The number of fused-ring (bicyclic) bond motifs is 4. The molecule has 0 unspecified atom stereocenters. The Hall–Kier alpha value is -1.97. The van der Waals surface area contributed by atoms with E-state index in [2.05, 4.69) is 13.8 Å². The lowest BCUT2D eigenvalue weighted by atomic mass is 9.73. The van der Waals surface area contributed by atoms with Crippen LogP contribution in [0.4, 0.5) is 13.2 Å². The van der Waals surface area contributed by atoms with Crippen LogP contribution in [-0.4, -0.2) is 6.61 Å². The first-order valence-corrected chi connectivity index (χ1v) is 15.0. The molecule has 2 aromatic rings. The summed E-state index contributed by atoms with van der Waals surface area (Å²) in [5.41, 5.74) is 2.07. The zero-order valence-electron chi connectivity index (χ0n) is 22.7. The molecule has 0 aromatic heterocycles. The molecule has 0 atom stereocenters. The van der Waals surface area contributed by atoms with Gasteiger partial charge in [0.25, 0.3) is 0 Å². The molecule has 2 saturated carbocycles. The topological polar surface area (TPSA) is 9.23 Å². The molecule has 37 heavy (non-hydrogen) atoms. The largest absolute Gasteiger partial charge is 0.490 e. The average molecular weight is 513 g/mol. The van der Waals surface area contributed by atoms with Crippen molar-refractivity contribution in [3.05, 3.63) is 41.2 Å². The molecule has 4 heteroatoms. The van der Waals surface area contributed by atoms with Crippen molar-refractivity contribution in [1.82, 2.24) is 0 Å². The third kappa shape index (κ3) is 5.45. The number of hydrogen-bond acceptors (Lipinski definition) is 1. The molecule has 0 bridgehead atoms. The summed E-state index contributed by atoms with van der Waals surface area (Å²) < 4.78 is 51.9. The number of ether oxygens (including phenoxy) is 1. The Morgan fingerprint density at radius 1 is 0.676 bits per heavy atom. The van der Waals surface area contributed by atoms with Crippen LogP contribution in [0.25, 0.3) is 22.3 Å². The van der Waals surface area contributed by atoms with Crippen molar-refractivity contribution in [2.45, 2.75) is 110 Å². The summed E-state index contributed by atoms with van der Waals surface area (Å²) in [4.78, 5) is 0. The van der Waals surface area contributed by atoms with E-state index in [1.165, 1.54) is 51.4 Å². The maximum Gasteiger partial charge on any atom is 0.173 e. The van der Waals surface area contributed by atoms with Crippen LogP contribution in [0.15, 0.2) is 18.2 Å². The van der Waals surface area contributed by atoms with E-state index < -0.39 is 17.5 Å². The fourth-order valence-corrected chi connectivity index (χ4v) is 7.22. The van der Waals surface area contributed by atoms with Crippen LogP contribution >= 0.6 is 0 Å². The summed E-state index contributed by atoms with van der Waals surface area (Å²) in [6.07, 6.45) is 16.2. The highest BCUT2D eigenvalue weighted by molar-refractivity contribution is 6.03. The van der Waals surface area contributed by atoms with Crippen molar-refractivity contribution in [3.8, 4) is 28.0 Å². The number of halogens is 3. The monoisotopic (exact) mass is 512 g/mol. The fraction of sp³-hybridized carbons (Fsp3) is 0.636. The smallest absolute Gasteiger partial charge is 0.173 e. The van der Waals surface area contributed by atoms with Gasteiger partial charge in [0.2, 0.25) is 0 Å². The molecular weight excluding hydrogens is 469 g/mol. The van der Waals surface area contributed by atoms with E-state index in [0.29, 0.717) is 35.1 Å². The fourth-order valence-electron chi connectivity index (χ4n) is 7.22. The van der Waals surface area contributed by atoms with Crippen LogP contribution in [0.3, 0.4) is 0 Å². The standard InChI is InChI=1S/C33H43F3O/c1-3-5-6-8-22-13-15-24(16-14-22)26-19-27-25-17-18-28(32(35)29(25)30(27)33(36)31(26)34)37-20-23-11-9-21(7-4-2)10-12-23/h17-19,21-24H,3-16,20H2,1-2H3. The summed E-state index contributed by atoms with van der Waals surface area (Å²) in [5.74, 6) is -0.0653. The molecule has 0 aliphatic heterocycles. The molecule has 2 aromatic carbocycles. The highest BCUT2D eigenvalue weighted by Crippen LogP contribution is 2.54. The van der Waals surface area contributed by atoms with Gasteiger partial charge in [-0.25, -0.2) is 13.2 Å². The SMILES string of the molecule is CCCCCC1CCC(c2cc3c(c(F)c2F)-c2c-3ccc(OCC3CCC(CCC)CC3)c2F)CC1. The number of benzene rings is 2. The summed E-state index contributed by atoms with van der Waals surface area (Å²) in [6, 6.07) is 5.29. The van der Waals surface area contributed by atoms with Gasteiger partial charge in [0.15, 0.2) is 23.2 Å². The summed E-state index contributed by atoms with van der Waals surface area (Å²) in [7, 11) is 0. The summed E-state index contributed by atoms with van der Waals surface area (Å²) >= 11 is 0. The molecule has 5 rings (SSSR count). The highest BCUT2D eigenvalue weighted by Gasteiger charge is 2.36. The predicted molar refractivity (Wildman–Crippen MR) is 145 cm³/mol. The quantitative estimate of drug-likeness (QED) is 0.245. The Morgan fingerprint density at radius 2 is 1.32 bits per heavy atom. The first kappa shape index (κ1) is 26.6. The van der Waals surface area contributed by atoms with Crippen molar-refractivity contribution >= 4 is 0 Å². The summed E-state index contributed by atoms with van der Waals surface area (Å²) in [5, 5.41) is 0. The van der Waals surface area contributed by atoms with E-state index in [0.717, 1.165) is 44.4 Å². The number of rotatable bonds is 10. The van der Waals surface area contributed by atoms with Gasteiger partial charge in [0.1, 0.15) is 0 Å². The lowest BCUT2D eigenvalue weighted by molar-refractivity contribution is 0.174. The van der Waals surface area contributed by atoms with Crippen LogP contribution in [0.2, 0.25) is 0 Å². The third-order valence-corrected chi connectivity index (χ3v) is 9.52. The van der Waals surface area contributed by atoms with Gasteiger partial charge in [0, 0.05) is 11.1 Å². The third-order valence-electron chi connectivity index (χ3n) is 9.52. The van der Waals surface area contributed by atoms with Crippen molar-refractivity contribution in [3.63, 3.8) is 0 Å². The Morgan fingerprint density at radius 3 is 2.03 bits per heavy atom. The second kappa shape index (κ2) is 11.8. The van der Waals surface area contributed by atoms with Crippen molar-refractivity contribution in [2.24, 2.45) is 17.8 Å². The van der Waals surface area contributed by atoms with Gasteiger partial charge in [-0.15, -0.1) is 0 Å². The van der Waals surface area contributed by atoms with E-state index in [1.807, 2.05) is 6.07 Å². The molecule has 0 radical (unpaired) electrons. The maximum atomic E-state index is 15.4.